The Morgan fingerprint density at radius 1 is 1.41 bits per heavy atom. The normalized spacial score (nSPS) is 29.5. The van der Waals surface area contributed by atoms with E-state index in [1.54, 1.807) is 19.3 Å². The molecule has 1 heterocycles. The van der Waals surface area contributed by atoms with E-state index >= 15 is 0 Å². The summed E-state index contributed by atoms with van der Waals surface area (Å²) >= 11 is 0. The first-order valence-electron chi connectivity index (χ1n) is 8.53. The van der Waals surface area contributed by atoms with E-state index in [1.165, 1.54) is 44.9 Å². The Labute approximate surface area is 134 Å². The highest BCUT2D eigenvalue weighted by molar-refractivity contribution is 6.03. The van der Waals surface area contributed by atoms with Crippen LogP contribution in [0.4, 0.5) is 0 Å². The molecule has 1 fully saturated rings. The molecule has 2 aliphatic rings. The Morgan fingerprint density at radius 2 is 2.18 bits per heavy atom. The molecule has 1 aliphatic heterocycles. The number of hydrogen-bond donors (Lipinski definition) is 1. The first-order chi connectivity index (χ1) is 10.8. The number of unbranched alkanes of at least 4 members (excludes halogenated alkanes) is 1. The van der Waals surface area contributed by atoms with Crippen molar-refractivity contribution in [1.29, 1.82) is 0 Å². The molecule has 1 N–H and O–H groups in total. The van der Waals surface area contributed by atoms with Crippen LogP contribution in [0.15, 0.2) is 34.3 Å². The number of aliphatic imine (C=N–C) groups is 2. The highest BCUT2D eigenvalue weighted by Crippen LogP contribution is 2.35. The van der Waals surface area contributed by atoms with E-state index in [4.69, 9.17) is 9.83 Å². The summed E-state index contributed by atoms with van der Waals surface area (Å²) in [7, 11) is 1.75. The van der Waals surface area contributed by atoms with Gasteiger partial charge in [-0.25, -0.2) is 15.3 Å². The quantitative estimate of drug-likeness (QED) is 0.569. The number of nitrogens with zero attached hydrogens (tertiary/aromatic N) is 2. The molecule has 2 rings (SSSR count). The summed E-state index contributed by atoms with van der Waals surface area (Å²) in [6.45, 7) is 6.10. The fourth-order valence-corrected chi connectivity index (χ4v) is 3.28. The van der Waals surface area contributed by atoms with Gasteiger partial charge in [-0.3, -0.25) is 4.99 Å². The van der Waals surface area contributed by atoms with Crippen molar-refractivity contribution < 1.29 is 4.84 Å². The zero-order valence-electron chi connectivity index (χ0n) is 13.9. The number of allylic oxidation sites excluding steroid dienone is 1. The number of hydrogen-bond acceptors (Lipinski definition) is 4. The summed E-state index contributed by atoms with van der Waals surface area (Å²) in [6.07, 6.45) is 14.5. The third kappa shape index (κ3) is 4.54. The van der Waals surface area contributed by atoms with Crippen molar-refractivity contribution in [1.82, 2.24) is 5.48 Å². The number of rotatable bonds is 7. The van der Waals surface area contributed by atoms with Crippen LogP contribution in [-0.4, -0.2) is 25.3 Å². The van der Waals surface area contributed by atoms with Gasteiger partial charge in [0.15, 0.2) is 12.1 Å². The van der Waals surface area contributed by atoms with E-state index in [1.807, 2.05) is 6.08 Å². The predicted octanol–water partition coefficient (Wildman–Crippen LogP) is 4.06. The molecule has 4 nitrogen and oxygen atoms in total. The van der Waals surface area contributed by atoms with Gasteiger partial charge in [0.25, 0.3) is 0 Å². The van der Waals surface area contributed by atoms with Gasteiger partial charge in [-0.2, -0.15) is 0 Å². The topological polar surface area (TPSA) is 46.0 Å². The summed E-state index contributed by atoms with van der Waals surface area (Å²) in [6, 6.07) is 0. The third-order valence-corrected chi connectivity index (χ3v) is 4.69. The second-order valence-corrected chi connectivity index (χ2v) is 6.24. The third-order valence-electron chi connectivity index (χ3n) is 4.69. The average Bonchev–Trinajstić information content (AvgIpc) is 3.04. The maximum absolute atomic E-state index is 5.70. The molecule has 0 saturated heterocycles. The van der Waals surface area contributed by atoms with Gasteiger partial charge >= 0.3 is 0 Å². The van der Waals surface area contributed by atoms with Crippen molar-refractivity contribution in [3.63, 3.8) is 0 Å². The molecule has 0 aromatic rings. The zero-order chi connectivity index (χ0) is 15.8. The molecule has 1 aliphatic carbocycles. The van der Waals surface area contributed by atoms with E-state index in [2.05, 4.69) is 24.0 Å². The molecule has 4 heteroatoms. The van der Waals surface area contributed by atoms with Gasteiger partial charge in [0.05, 0.1) is 0 Å². The van der Waals surface area contributed by atoms with Gasteiger partial charge in [-0.1, -0.05) is 51.7 Å². The van der Waals surface area contributed by atoms with E-state index in [9.17, 15) is 0 Å². The van der Waals surface area contributed by atoms with Crippen LogP contribution in [0, 0.1) is 11.8 Å². The minimum atomic E-state index is -0.0518. The molecule has 22 heavy (non-hydrogen) atoms. The molecule has 122 valence electrons. The van der Waals surface area contributed by atoms with Crippen molar-refractivity contribution >= 4 is 12.1 Å². The molecule has 0 amide bonds. The van der Waals surface area contributed by atoms with Crippen molar-refractivity contribution in [2.24, 2.45) is 21.8 Å². The predicted molar refractivity (Wildman–Crippen MR) is 93.1 cm³/mol. The summed E-state index contributed by atoms with van der Waals surface area (Å²) < 4.78 is 0. The van der Waals surface area contributed by atoms with Crippen molar-refractivity contribution in [2.45, 2.75) is 58.1 Å². The van der Waals surface area contributed by atoms with Gasteiger partial charge in [-0.05, 0) is 24.8 Å². The summed E-state index contributed by atoms with van der Waals surface area (Å²) in [5, 5.41) is 0. The minimum absolute atomic E-state index is 0.0518. The molecule has 0 radical (unpaired) electrons. The maximum Gasteiger partial charge on any atom is 0.180 e. The molecule has 0 spiro atoms. The minimum Gasteiger partial charge on any atom is -0.296 e. The lowest BCUT2D eigenvalue weighted by Gasteiger charge is -2.29. The van der Waals surface area contributed by atoms with E-state index < -0.39 is 0 Å². The Morgan fingerprint density at radius 3 is 2.82 bits per heavy atom. The standard InChI is InChI=1S/C18H29N3O/c1-4-6-7-14-8-10-16(11-9-14)18-20-17(21-22-18)15(5-2)12-13-19-3/h5,12-14,16,18H,2,4,6-11H2,1,3H3,(H,20,21)/b15-12+,19-13?. The van der Waals surface area contributed by atoms with Crippen LogP contribution in [-0.2, 0) is 4.84 Å². The Bertz CT molecular complexity index is 445. The van der Waals surface area contributed by atoms with E-state index in [0.29, 0.717) is 5.92 Å². The summed E-state index contributed by atoms with van der Waals surface area (Å²) in [4.78, 5) is 14.4. The molecule has 1 unspecified atom stereocenters. The van der Waals surface area contributed by atoms with Crippen molar-refractivity contribution in [3.8, 4) is 0 Å². The first-order valence-corrected chi connectivity index (χ1v) is 8.53. The van der Waals surface area contributed by atoms with Crippen LogP contribution in [0.1, 0.15) is 51.9 Å². The molecule has 1 atom stereocenters. The molecular weight excluding hydrogens is 274 g/mol. The van der Waals surface area contributed by atoms with E-state index in [-0.39, 0.29) is 6.23 Å². The highest BCUT2D eigenvalue weighted by atomic mass is 16.7. The second-order valence-electron chi connectivity index (χ2n) is 6.24. The van der Waals surface area contributed by atoms with Crippen LogP contribution in [0.25, 0.3) is 0 Å². The zero-order valence-corrected chi connectivity index (χ0v) is 13.9. The highest BCUT2D eigenvalue weighted by Gasteiger charge is 2.31. The Balaban J connectivity index is 1.89. The van der Waals surface area contributed by atoms with Crippen LogP contribution in [0.3, 0.4) is 0 Å². The van der Waals surface area contributed by atoms with Gasteiger partial charge in [0.2, 0.25) is 0 Å². The number of hydroxylamine groups is 1. The molecule has 1 saturated carbocycles. The van der Waals surface area contributed by atoms with Gasteiger partial charge in [-0.15, -0.1) is 0 Å². The first kappa shape index (κ1) is 16.9. The van der Waals surface area contributed by atoms with Crippen molar-refractivity contribution in [3.05, 3.63) is 24.3 Å². The molecule has 0 bridgehead atoms. The fourth-order valence-electron chi connectivity index (χ4n) is 3.28. The number of amidine groups is 1. The SMILES string of the molecule is C=C/C(=C\C=NC)C1=NC(C2CCC(CCCC)CC2)ON1. The summed E-state index contributed by atoms with van der Waals surface area (Å²) in [5.74, 6) is 2.22. The lowest BCUT2D eigenvalue weighted by atomic mass is 9.79. The van der Waals surface area contributed by atoms with Crippen molar-refractivity contribution in [2.75, 3.05) is 7.05 Å². The van der Waals surface area contributed by atoms with Gasteiger partial charge < -0.3 is 0 Å². The van der Waals surface area contributed by atoms with Crippen LogP contribution < -0.4 is 5.48 Å². The average molecular weight is 303 g/mol. The maximum atomic E-state index is 5.70. The lowest BCUT2D eigenvalue weighted by molar-refractivity contribution is -0.0138. The summed E-state index contributed by atoms with van der Waals surface area (Å²) in [5.41, 5.74) is 3.88. The molecular formula is C18H29N3O. The van der Waals surface area contributed by atoms with Crippen LogP contribution in [0.5, 0.6) is 0 Å². The van der Waals surface area contributed by atoms with Gasteiger partial charge in [0.1, 0.15) is 0 Å². The van der Waals surface area contributed by atoms with Crippen LogP contribution >= 0.6 is 0 Å². The largest absolute Gasteiger partial charge is 0.296 e. The van der Waals surface area contributed by atoms with E-state index in [0.717, 1.165) is 17.3 Å². The lowest BCUT2D eigenvalue weighted by Crippen LogP contribution is -2.27. The fraction of sp³-hybridized carbons (Fsp3) is 0.667. The Kier molecular flexibility index (Phi) is 6.84. The molecule has 0 aromatic heterocycles. The number of nitrogens with one attached hydrogen (secondary N) is 1. The Hall–Kier alpha value is -1.42. The monoisotopic (exact) mass is 303 g/mol. The van der Waals surface area contributed by atoms with Gasteiger partial charge in [0, 0.05) is 24.8 Å². The molecule has 0 aromatic carbocycles. The van der Waals surface area contributed by atoms with Crippen LogP contribution in [0.2, 0.25) is 0 Å². The second kappa shape index (κ2) is 8.89. The smallest absolute Gasteiger partial charge is 0.180 e.